The smallest absolute Gasteiger partial charge is 0.278 e. The Labute approximate surface area is 170 Å². The standard InChI is InChI=1S/C18H16Cl2N4O4/c1-27-14-8-15(28-2)17(20)18(16(14)19)21-9-10-7-12(23-22-10)11-5-3-4-6-13(11)24(25)26/h3-8,21H,9H2,1-2H3,(H,22,23). The number of aromatic nitrogens is 2. The summed E-state index contributed by atoms with van der Waals surface area (Å²) in [7, 11) is 2.98. The molecular weight excluding hydrogens is 407 g/mol. The van der Waals surface area contributed by atoms with Crippen LogP contribution in [0, 0.1) is 10.1 Å². The Morgan fingerprint density at radius 2 is 1.79 bits per heavy atom. The summed E-state index contributed by atoms with van der Waals surface area (Å²) in [6, 6.07) is 9.72. The molecule has 146 valence electrons. The largest absolute Gasteiger partial charge is 0.495 e. The monoisotopic (exact) mass is 422 g/mol. The van der Waals surface area contributed by atoms with E-state index in [4.69, 9.17) is 32.7 Å². The van der Waals surface area contributed by atoms with Crippen molar-refractivity contribution in [3.8, 4) is 22.8 Å². The predicted molar refractivity (Wildman–Crippen MR) is 108 cm³/mol. The number of hydrogen-bond donors (Lipinski definition) is 2. The number of anilines is 1. The molecule has 3 rings (SSSR count). The summed E-state index contributed by atoms with van der Waals surface area (Å²) in [5.41, 5.74) is 2.00. The van der Waals surface area contributed by atoms with Gasteiger partial charge in [-0.3, -0.25) is 15.2 Å². The summed E-state index contributed by atoms with van der Waals surface area (Å²) in [4.78, 5) is 10.8. The van der Waals surface area contributed by atoms with Crippen molar-refractivity contribution in [3.05, 3.63) is 62.3 Å². The van der Waals surface area contributed by atoms with E-state index >= 15 is 0 Å². The van der Waals surface area contributed by atoms with E-state index in [0.29, 0.717) is 50.7 Å². The second-order valence-corrected chi connectivity index (χ2v) is 6.45. The molecule has 0 bridgehead atoms. The summed E-state index contributed by atoms with van der Waals surface area (Å²) in [6.07, 6.45) is 0. The van der Waals surface area contributed by atoms with Crippen LogP contribution >= 0.6 is 23.2 Å². The molecule has 0 unspecified atom stereocenters. The molecule has 0 saturated carbocycles. The second kappa shape index (κ2) is 8.37. The number of nitro groups is 1. The summed E-state index contributed by atoms with van der Waals surface area (Å²) < 4.78 is 10.5. The first-order chi connectivity index (χ1) is 13.5. The second-order valence-electron chi connectivity index (χ2n) is 5.69. The van der Waals surface area contributed by atoms with Crippen molar-refractivity contribution in [2.24, 2.45) is 0 Å². The number of benzene rings is 2. The van der Waals surface area contributed by atoms with Gasteiger partial charge in [0, 0.05) is 12.1 Å². The summed E-state index contributed by atoms with van der Waals surface area (Å²) in [6.45, 7) is 0.295. The number of aromatic amines is 1. The Morgan fingerprint density at radius 1 is 1.14 bits per heavy atom. The van der Waals surface area contributed by atoms with Crippen LogP contribution in [0.25, 0.3) is 11.3 Å². The molecule has 1 heterocycles. The molecule has 0 saturated heterocycles. The normalized spacial score (nSPS) is 10.6. The van der Waals surface area contributed by atoms with E-state index in [1.165, 1.54) is 20.3 Å². The van der Waals surface area contributed by atoms with Crippen LogP contribution < -0.4 is 14.8 Å². The first-order valence-corrected chi connectivity index (χ1v) is 8.83. The highest BCUT2D eigenvalue weighted by Crippen LogP contribution is 2.44. The van der Waals surface area contributed by atoms with Crippen LogP contribution in [-0.4, -0.2) is 29.3 Å². The molecule has 0 aliphatic rings. The first kappa shape index (κ1) is 19.8. The van der Waals surface area contributed by atoms with Crippen molar-refractivity contribution < 1.29 is 14.4 Å². The van der Waals surface area contributed by atoms with Crippen LogP contribution in [0.5, 0.6) is 11.5 Å². The molecule has 0 radical (unpaired) electrons. The lowest BCUT2D eigenvalue weighted by Crippen LogP contribution is -2.03. The molecule has 10 heteroatoms. The van der Waals surface area contributed by atoms with Crippen LogP contribution in [0.1, 0.15) is 5.69 Å². The van der Waals surface area contributed by atoms with Crippen molar-refractivity contribution in [2.45, 2.75) is 6.54 Å². The van der Waals surface area contributed by atoms with Gasteiger partial charge in [0.2, 0.25) is 0 Å². The van der Waals surface area contributed by atoms with Crippen molar-refractivity contribution in [1.29, 1.82) is 0 Å². The van der Waals surface area contributed by atoms with Gasteiger partial charge >= 0.3 is 0 Å². The zero-order valence-corrected chi connectivity index (χ0v) is 16.5. The van der Waals surface area contributed by atoms with Crippen LogP contribution in [0.4, 0.5) is 11.4 Å². The number of para-hydroxylation sites is 1. The van der Waals surface area contributed by atoms with Gasteiger partial charge in [-0.1, -0.05) is 35.3 Å². The SMILES string of the molecule is COc1cc(OC)c(Cl)c(NCc2cc(-c3ccccc3[N+](=O)[O-])n[nH]2)c1Cl. The van der Waals surface area contributed by atoms with Gasteiger partial charge in [0.05, 0.1) is 48.3 Å². The summed E-state index contributed by atoms with van der Waals surface area (Å²) in [5.74, 6) is 0.825. The van der Waals surface area contributed by atoms with Gasteiger partial charge in [-0.05, 0) is 12.1 Å². The number of methoxy groups -OCH3 is 2. The van der Waals surface area contributed by atoms with Gasteiger partial charge in [0.15, 0.2) is 0 Å². The predicted octanol–water partition coefficient (Wildman–Crippen LogP) is 4.92. The Morgan fingerprint density at radius 3 is 2.39 bits per heavy atom. The van der Waals surface area contributed by atoms with E-state index < -0.39 is 4.92 Å². The van der Waals surface area contributed by atoms with Crippen LogP contribution in [-0.2, 0) is 6.54 Å². The average molecular weight is 423 g/mol. The van der Waals surface area contributed by atoms with Crippen LogP contribution in [0.15, 0.2) is 36.4 Å². The minimum atomic E-state index is -0.440. The van der Waals surface area contributed by atoms with E-state index in [9.17, 15) is 10.1 Å². The molecule has 0 fully saturated rings. The van der Waals surface area contributed by atoms with E-state index in [1.54, 1.807) is 30.3 Å². The third-order valence-corrected chi connectivity index (χ3v) is 4.79. The van der Waals surface area contributed by atoms with Gasteiger partial charge in [0.1, 0.15) is 21.5 Å². The highest BCUT2D eigenvalue weighted by atomic mass is 35.5. The quantitative estimate of drug-likeness (QED) is 0.413. The fourth-order valence-electron chi connectivity index (χ4n) is 2.66. The minimum absolute atomic E-state index is 0.0165. The summed E-state index contributed by atoms with van der Waals surface area (Å²) >= 11 is 12.7. The summed E-state index contributed by atoms with van der Waals surface area (Å²) in [5, 5.41) is 22.0. The molecule has 0 amide bonds. The van der Waals surface area contributed by atoms with E-state index in [2.05, 4.69) is 15.5 Å². The number of H-pyrrole nitrogens is 1. The Kier molecular flexibility index (Phi) is 5.91. The number of hydrogen-bond acceptors (Lipinski definition) is 6. The molecule has 2 N–H and O–H groups in total. The molecule has 0 spiro atoms. The van der Waals surface area contributed by atoms with Gasteiger partial charge in [-0.25, -0.2) is 0 Å². The molecule has 2 aromatic carbocycles. The molecule has 0 aliphatic heterocycles. The zero-order chi connectivity index (χ0) is 20.3. The number of halogens is 2. The van der Waals surface area contributed by atoms with Crippen molar-refractivity contribution in [2.75, 3.05) is 19.5 Å². The number of nitro benzene ring substituents is 1. The van der Waals surface area contributed by atoms with E-state index in [0.717, 1.165) is 0 Å². The van der Waals surface area contributed by atoms with E-state index in [1.807, 2.05) is 0 Å². The maximum absolute atomic E-state index is 11.2. The van der Waals surface area contributed by atoms with E-state index in [-0.39, 0.29) is 5.69 Å². The van der Waals surface area contributed by atoms with Gasteiger partial charge in [0.25, 0.3) is 5.69 Å². The average Bonchev–Trinajstić information content (AvgIpc) is 3.17. The number of nitrogens with zero attached hydrogens (tertiary/aromatic N) is 2. The molecule has 8 nitrogen and oxygen atoms in total. The molecule has 0 aliphatic carbocycles. The molecule has 0 atom stereocenters. The fraction of sp³-hybridized carbons (Fsp3) is 0.167. The number of ether oxygens (including phenoxy) is 2. The third-order valence-electron chi connectivity index (χ3n) is 4.04. The van der Waals surface area contributed by atoms with Gasteiger partial charge in [-0.15, -0.1) is 0 Å². The number of rotatable bonds is 7. The first-order valence-electron chi connectivity index (χ1n) is 8.08. The molecular formula is C18H16Cl2N4O4. The third kappa shape index (κ3) is 3.83. The number of nitrogens with one attached hydrogen (secondary N) is 2. The Hall–Kier alpha value is -2.97. The highest BCUT2D eigenvalue weighted by Gasteiger charge is 2.19. The molecule has 3 aromatic rings. The minimum Gasteiger partial charge on any atom is -0.495 e. The van der Waals surface area contributed by atoms with Crippen molar-refractivity contribution in [3.63, 3.8) is 0 Å². The van der Waals surface area contributed by atoms with Gasteiger partial charge < -0.3 is 14.8 Å². The Bertz CT molecular complexity index is 995. The Balaban J connectivity index is 1.86. The van der Waals surface area contributed by atoms with Crippen LogP contribution in [0.2, 0.25) is 10.0 Å². The van der Waals surface area contributed by atoms with Crippen LogP contribution in [0.3, 0.4) is 0 Å². The topological polar surface area (TPSA) is 102 Å². The zero-order valence-electron chi connectivity index (χ0n) is 15.0. The molecule has 28 heavy (non-hydrogen) atoms. The lowest BCUT2D eigenvalue weighted by Gasteiger charge is -2.15. The maximum Gasteiger partial charge on any atom is 0.278 e. The maximum atomic E-state index is 11.2. The fourth-order valence-corrected chi connectivity index (χ4v) is 3.30. The molecule has 1 aromatic heterocycles. The highest BCUT2D eigenvalue weighted by molar-refractivity contribution is 6.41. The lowest BCUT2D eigenvalue weighted by atomic mass is 10.1. The lowest BCUT2D eigenvalue weighted by molar-refractivity contribution is -0.384. The van der Waals surface area contributed by atoms with Crippen molar-refractivity contribution >= 4 is 34.6 Å². The van der Waals surface area contributed by atoms with Gasteiger partial charge in [-0.2, -0.15) is 5.10 Å². The van der Waals surface area contributed by atoms with Crippen molar-refractivity contribution in [1.82, 2.24) is 10.2 Å².